The van der Waals surface area contributed by atoms with E-state index in [-0.39, 0.29) is 0 Å². The molecule has 0 unspecified atom stereocenters. The molecule has 1 aromatic heterocycles. The number of ether oxygens (including phenoxy) is 2. The van der Waals surface area contributed by atoms with Crippen LogP contribution in [0.2, 0.25) is 0 Å². The van der Waals surface area contributed by atoms with Gasteiger partial charge in [-0.2, -0.15) is 0 Å². The third-order valence-corrected chi connectivity index (χ3v) is 3.68. The molecule has 24 heavy (non-hydrogen) atoms. The molecule has 0 fully saturated rings. The first-order valence-corrected chi connectivity index (χ1v) is 8.04. The number of nitrogens with zero attached hydrogens (tertiary/aromatic N) is 4. The van der Waals surface area contributed by atoms with E-state index in [1.807, 2.05) is 22.8 Å². The maximum atomic E-state index is 5.71. The number of aromatic nitrogens is 3. The summed E-state index contributed by atoms with van der Waals surface area (Å²) in [5.41, 5.74) is 0.879. The lowest BCUT2D eigenvalue weighted by molar-refractivity contribution is 0.297. The van der Waals surface area contributed by atoms with Crippen molar-refractivity contribution in [2.45, 2.75) is 26.4 Å². The van der Waals surface area contributed by atoms with Crippen LogP contribution in [-0.4, -0.2) is 41.0 Å². The standard InChI is InChI=1S/C16H22N6O2/c1-3-22-11-19-21-15(22)10-18-16(17-2)20-12-5-6-13-14(9-12)24-8-4-7-23-13/h5-6,9,11H,3-4,7-8,10H2,1-2H3,(H2,17,18,20). The highest BCUT2D eigenvalue weighted by molar-refractivity contribution is 5.93. The van der Waals surface area contributed by atoms with Crippen molar-refractivity contribution >= 4 is 11.6 Å². The predicted molar refractivity (Wildman–Crippen MR) is 91.6 cm³/mol. The average Bonchev–Trinajstić information content (AvgIpc) is 2.94. The Morgan fingerprint density at radius 2 is 2.12 bits per heavy atom. The lowest BCUT2D eigenvalue weighted by atomic mass is 10.3. The molecule has 8 nitrogen and oxygen atoms in total. The van der Waals surface area contributed by atoms with E-state index in [1.54, 1.807) is 13.4 Å². The summed E-state index contributed by atoms with van der Waals surface area (Å²) in [6.07, 6.45) is 2.61. The summed E-state index contributed by atoms with van der Waals surface area (Å²) in [5.74, 6) is 3.03. The highest BCUT2D eigenvalue weighted by atomic mass is 16.5. The first-order chi connectivity index (χ1) is 11.8. The number of nitrogens with one attached hydrogen (secondary N) is 2. The molecular weight excluding hydrogens is 308 g/mol. The predicted octanol–water partition coefficient (Wildman–Crippen LogP) is 1.65. The van der Waals surface area contributed by atoms with Gasteiger partial charge < -0.3 is 24.7 Å². The van der Waals surface area contributed by atoms with Crippen LogP contribution < -0.4 is 20.1 Å². The van der Waals surface area contributed by atoms with Crippen molar-refractivity contribution < 1.29 is 9.47 Å². The Labute approximate surface area is 140 Å². The fourth-order valence-corrected chi connectivity index (χ4v) is 2.40. The lowest BCUT2D eigenvalue weighted by Gasteiger charge is -2.14. The number of aliphatic imine (C=N–C) groups is 1. The molecule has 0 amide bonds. The highest BCUT2D eigenvalue weighted by Gasteiger charge is 2.11. The molecule has 2 aromatic rings. The number of benzene rings is 1. The van der Waals surface area contributed by atoms with E-state index in [9.17, 15) is 0 Å². The van der Waals surface area contributed by atoms with Gasteiger partial charge in [-0.3, -0.25) is 4.99 Å². The van der Waals surface area contributed by atoms with Gasteiger partial charge in [-0.25, -0.2) is 0 Å². The number of anilines is 1. The topological polar surface area (TPSA) is 85.6 Å². The minimum absolute atomic E-state index is 0.540. The van der Waals surface area contributed by atoms with Gasteiger partial charge in [0.05, 0.1) is 19.8 Å². The SMILES string of the molecule is CCn1cnnc1CNC(=NC)Nc1ccc2c(c1)OCCCO2. The van der Waals surface area contributed by atoms with Crippen LogP contribution in [0.25, 0.3) is 0 Å². The highest BCUT2D eigenvalue weighted by Crippen LogP contribution is 2.32. The molecule has 0 saturated heterocycles. The van der Waals surface area contributed by atoms with Crippen LogP contribution in [0.5, 0.6) is 11.5 Å². The third kappa shape index (κ3) is 3.76. The van der Waals surface area contributed by atoms with Gasteiger partial charge in [-0.1, -0.05) is 0 Å². The van der Waals surface area contributed by atoms with Crippen molar-refractivity contribution in [2.75, 3.05) is 25.6 Å². The van der Waals surface area contributed by atoms with Gasteiger partial charge in [0.15, 0.2) is 23.3 Å². The molecule has 1 aliphatic rings. The molecule has 1 aliphatic heterocycles. The Kier molecular flexibility index (Phi) is 5.15. The Balaban J connectivity index is 1.64. The van der Waals surface area contributed by atoms with E-state index in [2.05, 4.69) is 32.7 Å². The van der Waals surface area contributed by atoms with Crippen LogP contribution >= 0.6 is 0 Å². The van der Waals surface area contributed by atoms with Crippen LogP contribution in [0.3, 0.4) is 0 Å². The fourth-order valence-electron chi connectivity index (χ4n) is 2.40. The second-order valence-corrected chi connectivity index (χ2v) is 5.30. The largest absolute Gasteiger partial charge is 0.490 e. The third-order valence-electron chi connectivity index (χ3n) is 3.68. The first kappa shape index (κ1) is 16.1. The van der Waals surface area contributed by atoms with E-state index in [1.165, 1.54) is 0 Å². The summed E-state index contributed by atoms with van der Waals surface area (Å²) in [7, 11) is 1.73. The van der Waals surface area contributed by atoms with Gasteiger partial charge in [-0.05, 0) is 19.1 Å². The molecule has 128 valence electrons. The summed E-state index contributed by atoms with van der Waals surface area (Å²) in [6, 6.07) is 5.76. The van der Waals surface area contributed by atoms with Crippen LogP contribution in [0.4, 0.5) is 5.69 Å². The van der Waals surface area contributed by atoms with Crippen molar-refractivity contribution in [3.63, 3.8) is 0 Å². The zero-order valence-corrected chi connectivity index (χ0v) is 14.0. The molecule has 2 heterocycles. The molecule has 0 bridgehead atoms. The van der Waals surface area contributed by atoms with Gasteiger partial charge in [0.2, 0.25) is 0 Å². The van der Waals surface area contributed by atoms with E-state index in [0.29, 0.717) is 25.7 Å². The monoisotopic (exact) mass is 330 g/mol. The molecule has 2 N–H and O–H groups in total. The van der Waals surface area contributed by atoms with Crippen molar-refractivity contribution in [3.05, 3.63) is 30.4 Å². The van der Waals surface area contributed by atoms with Crippen LogP contribution in [0.15, 0.2) is 29.5 Å². The number of hydrogen-bond acceptors (Lipinski definition) is 5. The fraction of sp³-hybridized carbons (Fsp3) is 0.438. The minimum atomic E-state index is 0.540. The van der Waals surface area contributed by atoms with Gasteiger partial charge in [-0.15, -0.1) is 10.2 Å². The van der Waals surface area contributed by atoms with E-state index < -0.39 is 0 Å². The Hall–Kier alpha value is -2.77. The normalized spacial score (nSPS) is 14.2. The Bertz CT molecular complexity index is 712. The Morgan fingerprint density at radius 1 is 1.29 bits per heavy atom. The second-order valence-electron chi connectivity index (χ2n) is 5.30. The van der Waals surface area contributed by atoms with Gasteiger partial charge in [0.25, 0.3) is 0 Å². The van der Waals surface area contributed by atoms with Crippen molar-refractivity contribution in [2.24, 2.45) is 4.99 Å². The number of hydrogen-bond donors (Lipinski definition) is 2. The molecule has 3 rings (SSSR count). The second kappa shape index (κ2) is 7.67. The minimum Gasteiger partial charge on any atom is -0.490 e. The number of guanidine groups is 1. The smallest absolute Gasteiger partial charge is 0.195 e. The lowest BCUT2D eigenvalue weighted by Crippen LogP contribution is -2.31. The molecule has 1 aromatic carbocycles. The average molecular weight is 330 g/mol. The van der Waals surface area contributed by atoms with Crippen molar-refractivity contribution in [3.8, 4) is 11.5 Å². The van der Waals surface area contributed by atoms with E-state index in [0.717, 1.165) is 36.0 Å². The van der Waals surface area contributed by atoms with Crippen LogP contribution in [-0.2, 0) is 13.1 Å². The molecular formula is C16H22N6O2. The Morgan fingerprint density at radius 3 is 2.92 bits per heavy atom. The zero-order valence-electron chi connectivity index (χ0n) is 14.0. The van der Waals surface area contributed by atoms with Crippen LogP contribution in [0, 0.1) is 0 Å². The number of rotatable bonds is 4. The summed E-state index contributed by atoms with van der Waals surface area (Å²) < 4.78 is 13.3. The van der Waals surface area contributed by atoms with Crippen molar-refractivity contribution in [1.82, 2.24) is 20.1 Å². The quantitative estimate of drug-likeness (QED) is 0.655. The maximum Gasteiger partial charge on any atom is 0.195 e. The molecule has 0 spiro atoms. The molecule has 0 aliphatic carbocycles. The van der Waals surface area contributed by atoms with Gasteiger partial charge in [0.1, 0.15) is 6.33 Å². The molecule has 0 atom stereocenters. The van der Waals surface area contributed by atoms with Gasteiger partial charge >= 0.3 is 0 Å². The zero-order chi connectivity index (χ0) is 16.8. The van der Waals surface area contributed by atoms with E-state index >= 15 is 0 Å². The number of aryl methyl sites for hydroxylation is 1. The molecule has 0 radical (unpaired) electrons. The summed E-state index contributed by atoms with van der Waals surface area (Å²) in [6.45, 7) is 4.77. The molecule has 8 heteroatoms. The summed E-state index contributed by atoms with van der Waals surface area (Å²) in [5, 5.41) is 14.5. The molecule has 0 saturated carbocycles. The van der Waals surface area contributed by atoms with E-state index in [4.69, 9.17) is 9.47 Å². The van der Waals surface area contributed by atoms with Crippen LogP contribution in [0.1, 0.15) is 19.2 Å². The van der Waals surface area contributed by atoms with Crippen molar-refractivity contribution in [1.29, 1.82) is 0 Å². The van der Waals surface area contributed by atoms with Gasteiger partial charge in [0, 0.05) is 31.8 Å². The number of fused-ring (bicyclic) bond motifs is 1. The summed E-state index contributed by atoms with van der Waals surface area (Å²) >= 11 is 0. The first-order valence-electron chi connectivity index (χ1n) is 8.04. The summed E-state index contributed by atoms with van der Waals surface area (Å²) in [4.78, 5) is 4.23. The maximum absolute atomic E-state index is 5.71.